The highest BCUT2D eigenvalue weighted by Gasteiger charge is 2.26. The average Bonchev–Trinajstić information content (AvgIpc) is 3.05. The lowest BCUT2D eigenvalue weighted by Crippen LogP contribution is -2.48. The van der Waals surface area contributed by atoms with E-state index in [-0.39, 0.29) is 17.3 Å². The lowest BCUT2D eigenvalue weighted by atomic mass is 10.1. The highest BCUT2D eigenvalue weighted by Crippen LogP contribution is 2.31. The summed E-state index contributed by atoms with van der Waals surface area (Å²) in [5, 5.41) is 17.9. The van der Waals surface area contributed by atoms with Crippen molar-refractivity contribution in [1.29, 1.82) is 0 Å². The second-order valence-electron chi connectivity index (χ2n) is 9.92. The zero-order chi connectivity index (χ0) is 29.2. The summed E-state index contributed by atoms with van der Waals surface area (Å²) >= 11 is 0. The van der Waals surface area contributed by atoms with Crippen LogP contribution in [0.5, 0.6) is 5.75 Å². The number of piperazine rings is 1. The molecule has 0 N–H and O–H groups in total. The number of carbonyl (C=O) groups excluding carboxylic acids is 1. The van der Waals surface area contributed by atoms with Gasteiger partial charge in [-0.1, -0.05) is 48.5 Å². The number of amides is 1. The Hall–Kier alpha value is -5.51. The maximum atomic E-state index is 13.7. The van der Waals surface area contributed by atoms with Crippen molar-refractivity contribution >= 4 is 28.1 Å². The van der Waals surface area contributed by atoms with E-state index in [9.17, 15) is 19.7 Å². The third-order valence-corrected chi connectivity index (χ3v) is 7.51. The number of rotatable bonds is 6. The Labute approximate surface area is 241 Å². The molecule has 2 heterocycles. The molecule has 210 valence electrons. The van der Waals surface area contributed by atoms with E-state index >= 15 is 0 Å². The van der Waals surface area contributed by atoms with Crippen LogP contribution in [0.25, 0.3) is 27.7 Å². The SMILES string of the molecule is COc1ccc(C(=O)N2CCN(c3ccc([N+](=O)[O-])c(-n4nc(-c5ccccc5)c5ccccc5c4=O)c3)CC2)cc1. The Bertz CT molecular complexity index is 1850. The summed E-state index contributed by atoms with van der Waals surface area (Å²) < 4.78 is 6.31. The van der Waals surface area contributed by atoms with Gasteiger partial charge in [0, 0.05) is 54.4 Å². The van der Waals surface area contributed by atoms with Gasteiger partial charge in [-0.15, -0.1) is 0 Å². The summed E-state index contributed by atoms with van der Waals surface area (Å²) in [7, 11) is 1.58. The van der Waals surface area contributed by atoms with Crippen LogP contribution in [0.1, 0.15) is 10.4 Å². The topological polar surface area (TPSA) is 111 Å². The molecule has 1 fully saturated rings. The first-order valence-electron chi connectivity index (χ1n) is 13.5. The van der Waals surface area contributed by atoms with Crippen LogP contribution in [0.2, 0.25) is 0 Å². The van der Waals surface area contributed by atoms with Crippen LogP contribution in [0.4, 0.5) is 11.4 Å². The Morgan fingerprint density at radius 2 is 1.52 bits per heavy atom. The molecule has 0 radical (unpaired) electrons. The van der Waals surface area contributed by atoms with Crippen LogP contribution < -0.4 is 15.2 Å². The first-order chi connectivity index (χ1) is 20.4. The molecule has 6 rings (SSSR count). The van der Waals surface area contributed by atoms with Crippen molar-refractivity contribution in [3.63, 3.8) is 0 Å². The van der Waals surface area contributed by atoms with Gasteiger partial charge in [0.15, 0.2) is 0 Å². The number of nitro groups is 1. The number of nitrogens with zero attached hydrogens (tertiary/aromatic N) is 5. The van der Waals surface area contributed by atoms with Crippen molar-refractivity contribution < 1.29 is 14.5 Å². The number of hydrogen-bond donors (Lipinski definition) is 0. The number of benzene rings is 4. The smallest absolute Gasteiger partial charge is 0.295 e. The number of carbonyl (C=O) groups is 1. The Kier molecular flexibility index (Phi) is 7.10. The van der Waals surface area contributed by atoms with E-state index < -0.39 is 10.5 Å². The van der Waals surface area contributed by atoms with Gasteiger partial charge in [0.25, 0.3) is 17.2 Å². The van der Waals surface area contributed by atoms with Gasteiger partial charge in [-0.2, -0.15) is 9.78 Å². The van der Waals surface area contributed by atoms with Gasteiger partial charge in [0.05, 0.1) is 23.1 Å². The van der Waals surface area contributed by atoms with Crippen molar-refractivity contribution in [3.05, 3.63) is 123 Å². The number of aromatic nitrogens is 2. The molecule has 0 aliphatic carbocycles. The van der Waals surface area contributed by atoms with Crippen molar-refractivity contribution in [2.24, 2.45) is 0 Å². The average molecular weight is 562 g/mol. The molecule has 4 aromatic carbocycles. The molecule has 1 aliphatic heterocycles. The third kappa shape index (κ3) is 4.94. The second kappa shape index (κ2) is 11.2. The van der Waals surface area contributed by atoms with Crippen LogP contribution >= 0.6 is 0 Å². The molecular formula is C32H27N5O5. The van der Waals surface area contributed by atoms with E-state index in [1.165, 1.54) is 6.07 Å². The fourth-order valence-electron chi connectivity index (χ4n) is 5.28. The molecule has 0 atom stereocenters. The number of fused-ring (bicyclic) bond motifs is 1. The van der Waals surface area contributed by atoms with E-state index in [4.69, 9.17) is 4.74 Å². The fourth-order valence-corrected chi connectivity index (χ4v) is 5.28. The van der Waals surface area contributed by atoms with E-state index in [0.717, 1.165) is 10.2 Å². The van der Waals surface area contributed by atoms with Crippen molar-refractivity contribution in [1.82, 2.24) is 14.7 Å². The highest BCUT2D eigenvalue weighted by molar-refractivity contribution is 5.95. The highest BCUT2D eigenvalue weighted by atomic mass is 16.6. The zero-order valence-electron chi connectivity index (χ0n) is 22.8. The standard InChI is InChI=1S/C32H27N5O5/c1-42-25-14-11-23(12-15-25)31(38)35-19-17-34(18-20-35)24-13-16-28(37(40)41)29(21-24)36-32(39)27-10-6-5-9-26(27)30(33-36)22-7-3-2-4-8-22/h2-16,21H,17-20H2,1H3. The lowest BCUT2D eigenvalue weighted by molar-refractivity contribution is -0.384. The van der Waals surface area contributed by atoms with Gasteiger partial charge in [-0.25, -0.2) is 0 Å². The maximum Gasteiger partial charge on any atom is 0.295 e. The molecular weight excluding hydrogens is 534 g/mol. The van der Waals surface area contributed by atoms with Gasteiger partial charge in [0.2, 0.25) is 0 Å². The molecule has 10 nitrogen and oxygen atoms in total. The molecule has 0 unspecified atom stereocenters. The number of anilines is 1. The summed E-state index contributed by atoms with van der Waals surface area (Å²) in [4.78, 5) is 42.2. The molecule has 1 aromatic heterocycles. The second-order valence-corrected chi connectivity index (χ2v) is 9.92. The molecule has 0 spiro atoms. The molecule has 42 heavy (non-hydrogen) atoms. The maximum absolute atomic E-state index is 13.7. The predicted octanol–water partition coefficient (Wildman–Crippen LogP) is 4.93. The minimum Gasteiger partial charge on any atom is -0.497 e. The Morgan fingerprint density at radius 3 is 2.19 bits per heavy atom. The van der Waals surface area contributed by atoms with E-state index in [0.29, 0.717) is 59.6 Å². The Morgan fingerprint density at radius 1 is 0.857 bits per heavy atom. The first kappa shape index (κ1) is 26.7. The number of hydrogen-bond acceptors (Lipinski definition) is 7. The number of nitro benzene ring substituents is 1. The van der Waals surface area contributed by atoms with Gasteiger partial charge in [0.1, 0.15) is 11.4 Å². The number of ether oxygens (including phenoxy) is 1. The van der Waals surface area contributed by atoms with Gasteiger partial charge in [-0.05, 0) is 42.5 Å². The summed E-state index contributed by atoms with van der Waals surface area (Å²) in [6, 6.07) is 28.3. The van der Waals surface area contributed by atoms with Crippen molar-refractivity contribution in [2.75, 3.05) is 38.2 Å². The minimum absolute atomic E-state index is 0.0675. The lowest BCUT2D eigenvalue weighted by Gasteiger charge is -2.36. The zero-order valence-corrected chi connectivity index (χ0v) is 22.8. The van der Waals surface area contributed by atoms with Gasteiger partial charge >= 0.3 is 0 Å². The fraction of sp³-hybridized carbons (Fsp3) is 0.156. The van der Waals surface area contributed by atoms with E-state index in [2.05, 4.69) is 10.00 Å². The van der Waals surface area contributed by atoms with Crippen LogP contribution in [0, 0.1) is 10.1 Å². The van der Waals surface area contributed by atoms with Crippen LogP contribution in [-0.4, -0.2) is 58.8 Å². The third-order valence-electron chi connectivity index (χ3n) is 7.51. The molecule has 1 saturated heterocycles. The molecule has 0 saturated carbocycles. The quantitative estimate of drug-likeness (QED) is 0.213. The molecule has 10 heteroatoms. The van der Waals surface area contributed by atoms with Crippen LogP contribution in [0.3, 0.4) is 0 Å². The van der Waals surface area contributed by atoms with Crippen LogP contribution in [0.15, 0.2) is 102 Å². The van der Waals surface area contributed by atoms with Crippen LogP contribution in [-0.2, 0) is 0 Å². The molecule has 1 amide bonds. The molecule has 5 aromatic rings. The van der Waals surface area contributed by atoms with Gasteiger partial charge in [-0.3, -0.25) is 19.7 Å². The van der Waals surface area contributed by atoms with Crippen molar-refractivity contribution in [2.45, 2.75) is 0 Å². The van der Waals surface area contributed by atoms with Crippen molar-refractivity contribution in [3.8, 4) is 22.7 Å². The summed E-state index contributed by atoms with van der Waals surface area (Å²) in [6.45, 7) is 2.00. The monoisotopic (exact) mass is 561 g/mol. The largest absolute Gasteiger partial charge is 0.497 e. The Balaban J connectivity index is 1.35. The molecule has 0 bridgehead atoms. The summed E-state index contributed by atoms with van der Waals surface area (Å²) in [6.07, 6.45) is 0. The first-order valence-corrected chi connectivity index (χ1v) is 13.5. The van der Waals surface area contributed by atoms with E-state index in [1.54, 1.807) is 60.5 Å². The van der Waals surface area contributed by atoms with E-state index in [1.807, 2.05) is 42.5 Å². The minimum atomic E-state index is -0.504. The summed E-state index contributed by atoms with van der Waals surface area (Å²) in [5.41, 5.74) is 2.04. The normalized spacial score (nSPS) is 13.3. The predicted molar refractivity (Wildman–Crippen MR) is 161 cm³/mol. The summed E-state index contributed by atoms with van der Waals surface area (Å²) in [5.74, 6) is 0.614. The van der Waals surface area contributed by atoms with Gasteiger partial charge < -0.3 is 14.5 Å². The number of methoxy groups -OCH3 is 1. The molecule has 1 aliphatic rings.